The summed E-state index contributed by atoms with van der Waals surface area (Å²) in [5.74, 6) is -0.303. The monoisotopic (exact) mass is 346 g/mol. The van der Waals surface area contributed by atoms with E-state index in [9.17, 15) is 9.90 Å². The first-order valence-corrected chi connectivity index (χ1v) is 8.63. The molecule has 4 heteroatoms. The number of aliphatic carboxylic acids is 1. The van der Waals surface area contributed by atoms with E-state index in [1.807, 2.05) is 55.5 Å². The maximum atomic E-state index is 11.4. The average molecular weight is 347 g/mol. The maximum absolute atomic E-state index is 11.4. The van der Waals surface area contributed by atoms with Gasteiger partial charge in [0.15, 0.2) is 6.10 Å². The summed E-state index contributed by atoms with van der Waals surface area (Å²) in [6.07, 6.45) is 3.54. The number of rotatable bonds is 9. The SMILES string of the molecule is Cc1ccc(O[C@@H](CCCCCc2ccc(Cl)cc2)C(=O)O)cc1. The van der Waals surface area contributed by atoms with Gasteiger partial charge in [-0.3, -0.25) is 0 Å². The Balaban J connectivity index is 1.72. The summed E-state index contributed by atoms with van der Waals surface area (Å²) in [6.45, 7) is 1.99. The molecule has 0 heterocycles. The zero-order valence-corrected chi connectivity index (χ0v) is 14.6. The van der Waals surface area contributed by atoms with E-state index in [-0.39, 0.29) is 0 Å². The lowest BCUT2D eigenvalue weighted by Gasteiger charge is -2.15. The quantitative estimate of drug-likeness (QED) is 0.628. The highest BCUT2D eigenvalue weighted by Gasteiger charge is 2.18. The fourth-order valence-corrected chi connectivity index (χ4v) is 2.63. The molecule has 0 aromatic heterocycles. The second-order valence-electron chi connectivity index (χ2n) is 5.98. The third-order valence-electron chi connectivity index (χ3n) is 3.92. The largest absolute Gasteiger partial charge is 0.479 e. The van der Waals surface area contributed by atoms with Gasteiger partial charge in [0.1, 0.15) is 5.75 Å². The van der Waals surface area contributed by atoms with Crippen LogP contribution in [-0.4, -0.2) is 17.2 Å². The first-order valence-electron chi connectivity index (χ1n) is 8.25. The van der Waals surface area contributed by atoms with Gasteiger partial charge in [0, 0.05) is 5.02 Å². The van der Waals surface area contributed by atoms with Crippen LogP contribution < -0.4 is 4.74 Å². The fourth-order valence-electron chi connectivity index (χ4n) is 2.50. The third kappa shape index (κ3) is 6.25. The van der Waals surface area contributed by atoms with Gasteiger partial charge in [-0.1, -0.05) is 47.9 Å². The Morgan fingerprint density at radius 1 is 1.04 bits per heavy atom. The number of carboxylic acid groups (broad SMARTS) is 1. The predicted octanol–water partition coefficient (Wildman–Crippen LogP) is 5.28. The van der Waals surface area contributed by atoms with Crippen molar-refractivity contribution in [2.45, 2.75) is 45.1 Å². The highest BCUT2D eigenvalue weighted by molar-refractivity contribution is 6.30. The topological polar surface area (TPSA) is 46.5 Å². The van der Waals surface area contributed by atoms with Gasteiger partial charge >= 0.3 is 5.97 Å². The molecule has 0 saturated heterocycles. The van der Waals surface area contributed by atoms with Crippen LogP contribution in [0.4, 0.5) is 0 Å². The molecule has 0 unspecified atom stereocenters. The Labute approximate surface area is 148 Å². The van der Waals surface area contributed by atoms with Gasteiger partial charge in [0.2, 0.25) is 0 Å². The van der Waals surface area contributed by atoms with Crippen molar-refractivity contribution in [3.8, 4) is 5.75 Å². The number of hydrogen-bond donors (Lipinski definition) is 1. The molecule has 128 valence electrons. The molecule has 0 bridgehead atoms. The van der Waals surface area contributed by atoms with E-state index in [2.05, 4.69) is 0 Å². The average Bonchev–Trinajstić information content (AvgIpc) is 2.57. The standard InChI is InChI=1S/C20H23ClO3/c1-15-7-13-18(14-8-15)24-19(20(22)23)6-4-2-3-5-16-9-11-17(21)12-10-16/h7-14,19H,2-6H2,1H3,(H,22,23)/t19-/m0/s1. The van der Waals surface area contributed by atoms with Crippen LogP contribution in [0, 0.1) is 6.92 Å². The molecule has 2 rings (SSSR count). The van der Waals surface area contributed by atoms with Gasteiger partial charge in [-0.05, 0) is 62.4 Å². The van der Waals surface area contributed by atoms with Gasteiger partial charge in [0.05, 0.1) is 0 Å². The van der Waals surface area contributed by atoms with Crippen LogP contribution in [-0.2, 0) is 11.2 Å². The van der Waals surface area contributed by atoms with Gasteiger partial charge in [-0.15, -0.1) is 0 Å². The van der Waals surface area contributed by atoms with E-state index in [4.69, 9.17) is 16.3 Å². The summed E-state index contributed by atoms with van der Waals surface area (Å²) < 4.78 is 5.59. The summed E-state index contributed by atoms with van der Waals surface area (Å²) in [5.41, 5.74) is 2.38. The number of halogens is 1. The van der Waals surface area contributed by atoms with E-state index in [1.54, 1.807) is 0 Å². The van der Waals surface area contributed by atoms with E-state index < -0.39 is 12.1 Å². The van der Waals surface area contributed by atoms with E-state index in [1.165, 1.54) is 5.56 Å². The number of ether oxygens (including phenoxy) is 1. The van der Waals surface area contributed by atoms with Crippen molar-refractivity contribution in [2.24, 2.45) is 0 Å². The molecule has 1 N–H and O–H groups in total. The van der Waals surface area contributed by atoms with E-state index >= 15 is 0 Å². The van der Waals surface area contributed by atoms with Crippen LogP contribution >= 0.6 is 11.6 Å². The lowest BCUT2D eigenvalue weighted by atomic mass is 10.0. The molecular weight excluding hydrogens is 324 g/mol. The number of hydrogen-bond acceptors (Lipinski definition) is 2. The lowest BCUT2D eigenvalue weighted by Crippen LogP contribution is -2.26. The summed E-state index contributed by atoms with van der Waals surface area (Å²) in [5, 5.41) is 10.1. The molecule has 0 aliphatic carbocycles. The van der Waals surface area contributed by atoms with Crippen molar-refractivity contribution in [1.82, 2.24) is 0 Å². The summed E-state index contributed by atoms with van der Waals surface area (Å²) >= 11 is 5.87. The number of carbonyl (C=O) groups is 1. The zero-order valence-electron chi connectivity index (χ0n) is 13.9. The van der Waals surface area contributed by atoms with Crippen LogP contribution in [0.3, 0.4) is 0 Å². The molecule has 3 nitrogen and oxygen atoms in total. The first kappa shape index (κ1) is 18.3. The Bertz CT molecular complexity index is 635. The second-order valence-corrected chi connectivity index (χ2v) is 6.42. The molecule has 0 fully saturated rings. The highest BCUT2D eigenvalue weighted by atomic mass is 35.5. The molecule has 2 aromatic rings. The normalized spacial score (nSPS) is 11.9. The van der Waals surface area contributed by atoms with E-state index in [0.29, 0.717) is 12.2 Å². The molecule has 0 spiro atoms. The predicted molar refractivity (Wildman–Crippen MR) is 96.9 cm³/mol. The fraction of sp³-hybridized carbons (Fsp3) is 0.350. The minimum absolute atomic E-state index is 0.518. The molecule has 0 aliphatic heterocycles. The molecule has 1 atom stereocenters. The van der Waals surface area contributed by atoms with Crippen LogP contribution in [0.15, 0.2) is 48.5 Å². The zero-order chi connectivity index (χ0) is 17.4. The Morgan fingerprint density at radius 2 is 1.71 bits per heavy atom. The van der Waals surface area contributed by atoms with Crippen LogP contribution in [0.25, 0.3) is 0 Å². The van der Waals surface area contributed by atoms with Crippen molar-refractivity contribution >= 4 is 17.6 Å². The summed E-state index contributed by atoms with van der Waals surface area (Å²) in [6, 6.07) is 15.3. The summed E-state index contributed by atoms with van der Waals surface area (Å²) in [7, 11) is 0. The molecule has 24 heavy (non-hydrogen) atoms. The van der Waals surface area contributed by atoms with Gasteiger partial charge in [0.25, 0.3) is 0 Å². The number of unbranched alkanes of at least 4 members (excludes halogenated alkanes) is 2. The van der Waals surface area contributed by atoms with Crippen molar-refractivity contribution in [1.29, 1.82) is 0 Å². The number of aryl methyl sites for hydroxylation is 2. The highest BCUT2D eigenvalue weighted by Crippen LogP contribution is 2.17. The first-order chi connectivity index (χ1) is 11.5. The van der Waals surface area contributed by atoms with Crippen LogP contribution in [0.1, 0.15) is 36.8 Å². The van der Waals surface area contributed by atoms with Gasteiger partial charge < -0.3 is 9.84 Å². The minimum atomic E-state index is -0.909. The molecular formula is C20H23ClO3. The van der Waals surface area contributed by atoms with Crippen molar-refractivity contribution < 1.29 is 14.6 Å². The van der Waals surface area contributed by atoms with Crippen LogP contribution in [0.2, 0.25) is 5.02 Å². The molecule has 0 saturated carbocycles. The molecule has 0 radical (unpaired) electrons. The number of benzene rings is 2. The Morgan fingerprint density at radius 3 is 2.33 bits per heavy atom. The van der Waals surface area contributed by atoms with Crippen molar-refractivity contribution in [2.75, 3.05) is 0 Å². The van der Waals surface area contributed by atoms with Crippen LogP contribution in [0.5, 0.6) is 5.75 Å². The molecule has 0 amide bonds. The smallest absolute Gasteiger partial charge is 0.344 e. The third-order valence-corrected chi connectivity index (χ3v) is 4.17. The molecule has 2 aromatic carbocycles. The Hall–Kier alpha value is -2.00. The molecule has 0 aliphatic rings. The lowest BCUT2D eigenvalue weighted by molar-refractivity contribution is -0.145. The second kappa shape index (κ2) is 9.33. The summed E-state index contributed by atoms with van der Waals surface area (Å²) in [4.78, 5) is 11.4. The maximum Gasteiger partial charge on any atom is 0.344 e. The minimum Gasteiger partial charge on any atom is -0.479 e. The van der Waals surface area contributed by atoms with Crippen molar-refractivity contribution in [3.63, 3.8) is 0 Å². The number of carboxylic acids is 1. The Kier molecular flexibility index (Phi) is 7.13. The van der Waals surface area contributed by atoms with E-state index in [0.717, 1.165) is 36.3 Å². The van der Waals surface area contributed by atoms with Gasteiger partial charge in [-0.2, -0.15) is 0 Å². The van der Waals surface area contributed by atoms with Gasteiger partial charge in [-0.25, -0.2) is 4.79 Å². The van der Waals surface area contributed by atoms with Crippen molar-refractivity contribution in [3.05, 3.63) is 64.7 Å².